The molecule has 2 aliphatic heterocycles. The van der Waals surface area contributed by atoms with Gasteiger partial charge in [-0.25, -0.2) is 4.79 Å². The summed E-state index contributed by atoms with van der Waals surface area (Å²) >= 11 is 0. The van der Waals surface area contributed by atoms with E-state index in [0.29, 0.717) is 6.61 Å². The van der Waals surface area contributed by atoms with E-state index in [-0.39, 0.29) is 18.1 Å². The van der Waals surface area contributed by atoms with E-state index in [2.05, 4.69) is 15.5 Å². The molecule has 2 amide bonds. The molecule has 2 aliphatic rings. The summed E-state index contributed by atoms with van der Waals surface area (Å²) in [7, 11) is 0. The van der Waals surface area contributed by atoms with Crippen molar-refractivity contribution in [3.63, 3.8) is 0 Å². The summed E-state index contributed by atoms with van der Waals surface area (Å²) in [4.78, 5) is 14.9. The molecule has 0 aliphatic carbocycles. The molecule has 126 valence electrons. The number of fused-ring (bicyclic) bond motifs is 1. The lowest BCUT2D eigenvalue weighted by Crippen LogP contribution is -2.46. The molecule has 1 aromatic heterocycles. The Kier molecular flexibility index (Phi) is 4.11. The van der Waals surface area contributed by atoms with Crippen LogP contribution in [0.4, 0.5) is 4.79 Å². The van der Waals surface area contributed by atoms with Gasteiger partial charge in [-0.1, -0.05) is 18.2 Å². The number of aromatic amines is 1. The van der Waals surface area contributed by atoms with Gasteiger partial charge in [0.25, 0.3) is 0 Å². The number of nitrogens with zero attached hydrogens (tertiary/aromatic N) is 2. The molecule has 2 aromatic rings. The third-order valence-corrected chi connectivity index (χ3v) is 4.92. The van der Waals surface area contributed by atoms with Gasteiger partial charge in [0.05, 0.1) is 24.9 Å². The Morgan fingerprint density at radius 3 is 3.08 bits per heavy atom. The summed E-state index contributed by atoms with van der Waals surface area (Å²) in [6.45, 7) is 1.42. The first-order chi connectivity index (χ1) is 11.8. The second-order valence-electron chi connectivity index (χ2n) is 6.41. The number of hydrogen-bond acceptors (Lipinski definition) is 3. The number of H-pyrrole nitrogens is 1. The highest BCUT2D eigenvalue weighted by Crippen LogP contribution is 2.34. The van der Waals surface area contributed by atoms with Gasteiger partial charge in [-0.15, -0.1) is 0 Å². The summed E-state index contributed by atoms with van der Waals surface area (Å²) in [5.74, 6) is 0.874. The minimum atomic E-state index is 0.00241. The van der Waals surface area contributed by atoms with Gasteiger partial charge >= 0.3 is 6.03 Å². The number of aromatic nitrogens is 2. The number of piperidine rings is 1. The molecule has 3 heterocycles. The number of benzene rings is 1. The summed E-state index contributed by atoms with van der Waals surface area (Å²) in [5, 5.41) is 10.1. The predicted octanol–water partition coefficient (Wildman–Crippen LogP) is 3.17. The summed E-state index contributed by atoms with van der Waals surface area (Å²) in [6.07, 6.45) is 7.68. The van der Waals surface area contributed by atoms with Crippen molar-refractivity contribution in [2.24, 2.45) is 0 Å². The second kappa shape index (κ2) is 6.55. The monoisotopic (exact) mass is 326 g/mol. The minimum absolute atomic E-state index is 0.00241. The van der Waals surface area contributed by atoms with Crippen LogP contribution in [0.1, 0.15) is 48.9 Å². The van der Waals surface area contributed by atoms with Crippen LogP contribution in [-0.4, -0.2) is 34.3 Å². The molecule has 6 heteroatoms. The fraction of sp³-hybridized carbons (Fsp3) is 0.444. The maximum Gasteiger partial charge on any atom is 0.318 e. The molecular weight excluding hydrogens is 304 g/mol. The zero-order valence-corrected chi connectivity index (χ0v) is 13.6. The third kappa shape index (κ3) is 2.84. The Hall–Kier alpha value is -2.50. The van der Waals surface area contributed by atoms with E-state index in [1.165, 1.54) is 0 Å². The van der Waals surface area contributed by atoms with E-state index in [9.17, 15) is 4.79 Å². The number of likely N-dealkylation sites (tertiary alicyclic amines) is 1. The second-order valence-corrected chi connectivity index (χ2v) is 6.41. The van der Waals surface area contributed by atoms with Crippen LogP contribution in [0.3, 0.4) is 0 Å². The van der Waals surface area contributed by atoms with Crippen molar-refractivity contribution in [3.8, 4) is 5.75 Å². The number of carbonyl (C=O) groups excluding carboxylic acids is 1. The van der Waals surface area contributed by atoms with Crippen molar-refractivity contribution in [1.29, 1.82) is 0 Å². The zero-order chi connectivity index (χ0) is 16.4. The average Bonchev–Trinajstić information content (AvgIpc) is 3.16. The summed E-state index contributed by atoms with van der Waals surface area (Å²) < 4.78 is 5.68. The van der Waals surface area contributed by atoms with Crippen LogP contribution in [0.5, 0.6) is 5.75 Å². The number of carbonyl (C=O) groups is 1. The number of amides is 2. The molecule has 2 atom stereocenters. The highest BCUT2D eigenvalue weighted by atomic mass is 16.5. The normalized spacial score (nSPS) is 23.2. The van der Waals surface area contributed by atoms with E-state index in [4.69, 9.17) is 4.74 Å². The molecule has 0 saturated carbocycles. The molecule has 2 N–H and O–H groups in total. The molecule has 0 bridgehead atoms. The van der Waals surface area contributed by atoms with E-state index < -0.39 is 0 Å². The number of ether oxygens (including phenoxy) is 1. The molecule has 1 fully saturated rings. The standard InChI is InChI=1S/C18H22N4O2/c23-18(21-15-8-10-24-17-7-2-1-5-14(15)17)22-9-4-3-6-16(22)13-11-19-20-12-13/h1-2,5,7,11-12,15-16H,3-4,6,8-10H2,(H,19,20)(H,21,23)/t15-,16+/m0/s1. The zero-order valence-electron chi connectivity index (χ0n) is 13.6. The molecule has 1 aromatic carbocycles. The molecule has 24 heavy (non-hydrogen) atoms. The fourth-order valence-electron chi connectivity index (χ4n) is 3.69. The molecule has 0 spiro atoms. The van der Waals surface area contributed by atoms with E-state index in [1.807, 2.05) is 41.6 Å². The highest BCUT2D eigenvalue weighted by molar-refractivity contribution is 5.75. The Morgan fingerprint density at radius 1 is 1.29 bits per heavy atom. The quantitative estimate of drug-likeness (QED) is 0.890. The van der Waals surface area contributed by atoms with Gasteiger partial charge in [0.2, 0.25) is 0 Å². The smallest absolute Gasteiger partial charge is 0.318 e. The third-order valence-electron chi connectivity index (χ3n) is 4.92. The largest absolute Gasteiger partial charge is 0.493 e. The first-order valence-corrected chi connectivity index (χ1v) is 8.60. The molecule has 0 unspecified atom stereocenters. The van der Waals surface area contributed by atoms with Gasteiger partial charge in [-0.3, -0.25) is 5.10 Å². The maximum absolute atomic E-state index is 12.9. The first-order valence-electron chi connectivity index (χ1n) is 8.60. The van der Waals surface area contributed by atoms with Gasteiger partial charge in [0.15, 0.2) is 0 Å². The van der Waals surface area contributed by atoms with Gasteiger partial charge in [-0.2, -0.15) is 5.10 Å². The van der Waals surface area contributed by atoms with E-state index in [1.54, 1.807) is 0 Å². The number of nitrogens with one attached hydrogen (secondary N) is 2. The summed E-state index contributed by atoms with van der Waals surface area (Å²) in [6, 6.07) is 8.06. The first kappa shape index (κ1) is 15.1. The van der Waals surface area contributed by atoms with Crippen LogP contribution in [0.2, 0.25) is 0 Å². The molecule has 1 saturated heterocycles. The fourth-order valence-corrected chi connectivity index (χ4v) is 3.69. The Bertz CT molecular complexity index is 701. The van der Waals surface area contributed by atoms with Gasteiger partial charge in [0, 0.05) is 30.3 Å². The Balaban J connectivity index is 1.51. The number of urea groups is 1. The van der Waals surface area contributed by atoms with Crippen LogP contribution in [0.25, 0.3) is 0 Å². The lowest BCUT2D eigenvalue weighted by Gasteiger charge is -2.37. The molecule has 0 radical (unpaired) electrons. The van der Waals surface area contributed by atoms with Crippen molar-refractivity contribution in [3.05, 3.63) is 47.8 Å². The van der Waals surface area contributed by atoms with Crippen molar-refractivity contribution < 1.29 is 9.53 Å². The lowest BCUT2D eigenvalue weighted by molar-refractivity contribution is 0.144. The predicted molar refractivity (Wildman–Crippen MR) is 89.7 cm³/mol. The van der Waals surface area contributed by atoms with Crippen molar-refractivity contribution in [1.82, 2.24) is 20.4 Å². The maximum atomic E-state index is 12.9. The van der Waals surface area contributed by atoms with Crippen LogP contribution in [0, 0.1) is 0 Å². The van der Waals surface area contributed by atoms with Crippen molar-refractivity contribution >= 4 is 6.03 Å². The van der Waals surface area contributed by atoms with Crippen LogP contribution >= 0.6 is 0 Å². The molecular formula is C18H22N4O2. The highest BCUT2D eigenvalue weighted by Gasteiger charge is 2.31. The topological polar surface area (TPSA) is 70.2 Å². The SMILES string of the molecule is O=C(N[C@H]1CCOc2ccccc21)N1CCCC[C@@H]1c1cn[nH]c1. The van der Waals surface area contributed by atoms with E-state index >= 15 is 0 Å². The number of para-hydroxylation sites is 1. The number of rotatable bonds is 2. The molecule has 6 nitrogen and oxygen atoms in total. The number of hydrogen-bond donors (Lipinski definition) is 2. The van der Waals surface area contributed by atoms with Crippen molar-refractivity contribution in [2.45, 2.75) is 37.8 Å². The van der Waals surface area contributed by atoms with Gasteiger partial charge in [0.1, 0.15) is 5.75 Å². The molecule has 4 rings (SSSR count). The average molecular weight is 326 g/mol. The van der Waals surface area contributed by atoms with Crippen LogP contribution in [0.15, 0.2) is 36.7 Å². The van der Waals surface area contributed by atoms with Gasteiger partial charge in [-0.05, 0) is 25.3 Å². The lowest BCUT2D eigenvalue weighted by atomic mass is 9.97. The van der Waals surface area contributed by atoms with E-state index in [0.717, 1.165) is 49.1 Å². The van der Waals surface area contributed by atoms with Crippen LogP contribution < -0.4 is 10.1 Å². The Labute approximate surface area is 141 Å². The van der Waals surface area contributed by atoms with Gasteiger partial charge < -0.3 is 15.0 Å². The summed E-state index contributed by atoms with van der Waals surface area (Å²) in [5.41, 5.74) is 2.14. The van der Waals surface area contributed by atoms with Crippen molar-refractivity contribution in [2.75, 3.05) is 13.2 Å². The Morgan fingerprint density at radius 2 is 2.21 bits per heavy atom. The van der Waals surface area contributed by atoms with Crippen LogP contribution in [-0.2, 0) is 0 Å². The minimum Gasteiger partial charge on any atom is -0.493 e.